The first-order valence-corrected chi connectivity index (χ1v) is 7.46. The van der Waals surface area contributed by atoms with Crippen LogP contribution >= 0.6 is 0 Å². The zero-order valence-electron chi connectivity index (χ0n) is 13.2. The van der Waals surface area contributed by atoms with E-state index in [-0.39, 0.29) is 17.1 Å². The number of rotatable bonds is 3. The van der Waals surface area contributed by atoms with Gasteiger partial charge in [-0.2, -0.15) is 18.2 Å². The van der Waals surface area contributed by atoms with E-state index in [0.29, 0.717) is 18.7 Å². The molecule has 3 rings (SSSR count). The van der Waals surface area contributed by atoms with E-state index in [4.69, 9.17) is 0 Å². The van der Waals surface area contributed by atoms with Gasteiger partial charge in [0.1, 0.15) is 0 Å². The Morgan fingerprint density at radius 1 is 1.25 bits per heavy atom. The van der Waals surface area contributed by atoms with Crippen LogP contribution in [0.4, 0.5) is 13.2 Å². The number of likely N-dealkylation sites (tertiary alicyclic amines) is 1. The standard InChI is InChI=1S/C16H16F3N3O2/c1-15(2)7-8-22(14(15)23)9-10-3-5-11(6-4-10)12-20-13(24-21-12)16(17,18)19/h3-6H,7-9H2,1-2H3. The van der Waals surface area contributed by atoms with Crippen LogP contribution in [0.15, 0.2) is 28.8 Å². The number of amides is 1. The van der Waals surface area contributed by atoms with Gasteiger partial charge in [-0.05, 0) is 12.0 Å². The molecule has 24 heavy (non-hydrogen) atoms. The summed E-state index contributed by atoms with van der Waals surface area (Å²) >= 11 is 0. The molecule has 0 radical (unpaired) electrons. The van der Waals surface area contributed by atoms with E-state index in [9.17, 15) is 18.0 Å². The highest BCUT2D eigenvalue weighted by Crippen LogP contribution is 2.32. The third kappa shape index (κ3) is 3.13. The highest BCUT2D eigenvalue weighted by atomic mass is 19.4. The van der Waals surface area contributed by atoms with Gasteiger partial charge in [0, 0.05) is 24.1 Å². The summed E-state index contributed by atoms with van der Waals surface area (Å²) < 4.78 is 41.6. The van der Waals surface area contributed by atoms with Crippen LogP contribution in [0.25, 0.3) is 11.4 Å². The monoisotopic (exact) mass is 339 g/mol. The molecule has 0 bridgehead atoms. The quantitative estimate of drug-likeness (QED) is 0.858. The number of hydrogen-bond donors (Lipinski definition) is 0. The lowest BCUT2D eigenvalue weighted by Gasteiger charge is -2.19. The Morgan fingerprint density at radius 2 is 1.92 bits per heavy atom. The van der Waals surface area contributed by atoms with E-state index in [1.54, 1.807) is 29.2 Å². The molecule has 0 unspecified atom stereocenters. The molecule has 1 aliphatic rings. The number of alkyl halides is 3. The number of carbonyl (C=O) groups is 1. The first kappa shape index (κ1) is 16.5. The van der Waals surface area contributed by atoms with Gasteiger partial charge in [-0.3, -0.25) is 4.79 Å². The van der Waals surface area contributed by atoms with Crippen LogP contribution in [0.1, 0.15) is 31.7 Å². The smallest absolute Gasteiger partial charge is 0.338 e. The molecule has 0 spiro atoms. The molecule has 128 valence electrons. The van der Waals surface area contributed by atoms with Gasteiger partial charge < -0.3 is 9.42 Å². The summed E-state index contributed by atoms with van der Waals surface area (Å²) in [6.45, 7) is 5.02. The number of hydrogen-bond acceptors (Lipinski definition) is 4. The minimum Gasteiger partial charge on any atom is -0.338 e. The van der Waals surface area contributed by atoms with Crippen molar-refractivity contribution in [3.8, 4) is 11.4 Å². The van der Waals surface area contributed by atoms with Crippen LogP contribution in [0.2, 0.25) is 0 Å². The van der Waals surface area contributed by atoms with Gasteiger partial charge in [0.2, 0.25) is 11.7 Å². The van der Waals surface area contributed by atoms with Crippen molar-refractivity contribution in [2.75, 3.05) is 6.54 Å². The number of aromatic nitrogens is 2. The molecule has 1 aromatic carbocycles. The van der Waals surface area contributed by atoms with E-state index in [2.05, 4.69) is 14.7 Å². The van der Waals surface area contributed by atoms with Crippen molar-refractivity contribution in [1.29, 1.82) is 0 Å². The molecule has 2 heterocycles. The van der Waals surface area contributed by atoms with E-state index >= 15 is 0 Å². The zero-order chi connectivity index (χ0) is 17.5. The summed E-state index contributed by atoms with van der Waals surface area (Å²) in [6, 6.07) is 6.73. The summed E-state index contributed by atoms with van der Waals surface area (Å²) in [5.41, 5.74) is 0.980. The Morgan fingerprint density at radius 3 is 2.42 bits per heavy atom. The maximum absolute atomic E-state index is 12.5. The molecular formula is C16H16F3N3O2. The van der Waals surface area contributed by atoms with Crippen molar-refractivity contribution in [3.63, 3.8) is 0 Å². The van der Waals surface area contributed by atoms with Crippen molar-refractivity contribution in [2.45, 2.75) is 33.0 Å². The number of benzene rings is 1. The topological polar surface area (TPSA) is 59.2 Å². The first-order chi connectivity index (χ1) is 11.2. The second kappa shape index (κ2) is 5.61. The normalized spacial score (nSPS) is 17.5. The Kier molecular flexibility index (Phi) is 3.85. The first-order valence-electron chi connectivity index (χ1n) is 7.46. The molecule has 1 amide bonds. The zero-order valence-corrected chi connectivity index (χ0v) is 13.2. The van der Waals surface area contributed by atoms with Crippen LogP contribution in [-0.2, 0) is 17.5 Å². The number of nitrogens with zero attached hydrogens (tertiary/aromatic N) is 3. The third-order valence-electron chi connectivity index (χ3n) is 4.13. The number of carbonyl (C=O) groups excluding carboxylic acids is 1. The Balaban J connectivity index is 1.72. The van der Waals surface area contributed by atoms with Crippen LogP contribution in [0, 0.1) is 5.41 Å². The molecular weight excluding hydrogens is 323 g/mol. The van der Waals surface area contributed by atoms with Gasteiger partial charge in [-0.15, -0.1) is 0 Å². The van der Waals surface area contributed by atoms with Crippen molar-refractivity contribution in [3.05, 3.63) is 35.7 Å². The summed E-state index contributed by atoms with van der Waals surface area (Å²) in [7, 11) is 0. The largest absolute Gasteiger partial charge is 0.471 e. The fourth-order valence-corrected chi connectivity index (χ4v) is 2.64. The second-order valence-electron chi connectivity index (χ2n) is 6.48. The van der Waals surface area contributed by atoms with Crippen LogP contribution < -0.4 is 0 Å². The fraction of sp³-hybridized carbons (Fsp3) is 0.438. The predicted molar refractivity (Wildman–Crippen MR) is 78.6 cm³/mol. The Bertz CT molecular complexity index is 751. The molecule has 1 fully saturated rings. The van der Waals surface area contributed by atoms with Crippen LogP contribution in [0.5, 0.6) is 0 Å². The van der Waals surface area contributed by atoms with Crippen molar-refractivity contribution < 1.29 is 22.5 Å². The van der Waals surface area contributed by atoms with E-state index in [0.717, 1.165) is 12.0 Å². The summed E-state index contributed by atoms with van der Waals surface area (Å²) in [6.07, 6.45) is -3.85. The molecule has 0 saturated carbocycles. The Hall–Kier alpha value is -2.38. The van der Waals surface area contributed by atoms with Gasteiger partial charge in [-0.1, -0.05) is 43.3 Å². The SMILES string of the molecule is CC1(C)CCN(Cc2ccc(-c3noc(C(F)(F)F)n3)cc2)C1=O. The van der Waals surface area contributed by atoms with Gasteiger partial charge in [-0.25, -0.2) is 0 Å². The maximum Gasteiger partial charge on any atom is 0.471 e. The highest BCUT2D eigenvalue weighted by molar-refractivity contribution is 5.84. The molecule has 8 heteroatoms. The molecule has 1 aliphatic heterocycles. The van der Waals surface area contributed by atoms with Crippen LogP contribution in [0.3, 0.4) is 0 Å². The lowest BCUT2D eigenvalue weighted by molar-refractivity contribution is -0.159. The second-order valence-corrected chi connectivity index (χ2v) is 6.48. The van der Waals surface area contributed by atoms with Crippen LogP contribution in [-0.4, -0.2) is 27.5 Å². The number of halogens is 3. The van der Waals surface area contributed by atoms with Gasteiger partial charge in [0.05, 0.1) is 0 Å². The molecule has 2 aromatic rings. The lowest BCUT2D eigenvalue weighted by Crippen LogP contribution is -2.30. The average Bonchev–Trinajstić information content (AvgIpc) is 3.09. The van der Waals surface area contributed by atoms with Gasteiger partial charge >= 0.3 is 12.1 Å². The van der Waals surface area contributed by atoms with Gasteiger partial charge in [0.15, 0.2) is 0 Å². The summed E-state index contributed by atoms with van der Waals surface area (Å²) in [5.74, 6) is -1.38. The lowest BCUT2D eigenvalue weighted by atomic mass is 9.92. The molecule has 0 aliphatic carbocycles. The molecule has 1 saturated heterocycles. The predicted octanol–water partition coefficient (Wildman–Crippen LogP) is 3.51. The summed E-state index contributed by atoms with van der Waals surface area (Å²) in [4.78, 5) is 17.3. The average molecular weight is 339 g/mol. The summed E-state index contributed by atoms with van der Waals surface area (Å²) in [5, 5.41) is 3.35. The van der Waals surface area contributed by atoms with E-state index in [1.807, 2.05) is 13.8 Å². The molecule has 0 atom stereocenters. The maximum atomic E-state index is 12.5. The molecule has 0 N–H and O–H groups in total. The third-order valence-corrected chi connectivity index (χ3v) is 4.13. The molecule has 1 aromatic heterocycles. The van der Waals surface area contributed by atoms with Crippen molar-refractivity contribution >= 4 is 5.91 Å². The van der Waals surface area contributed by atoms with E-state index < -0.39 is 12.1 Å². The van der Waals surface area contributed by atoms with E-state index in [1.165, 1.54) is 0 Å². The fourth-order valence-electron chi connectivity index (χ4n) is 2.64. The van der Waals surface area contributed by atoms with Crippen molar-refractivity contribution in [1.82, 2.24) is 15.0 Å². The Labute approximate surface area is 136 Å². The minimum absolute atomic E-state index is 0.111. The molecule has 5 nitrogen and oxygen atoms in total. The highest BCUT2D eigenvalue weighted by Gasteiger charge is 2.39. The minimum atomic E-state index is -4.66. The van der Waals surface area contributed by atoms with Gasteiger partial charge in [0.25, 0.3) is 0 Å². The van der Waals surface area contributed by atoms with Crippen molar-refractivity contribution in [2.24, 2.45) is 5.41 Å².